The minimum atomic E-state index is -0.191. The van der Waals surface area contributed by atoms with E-state index in [0.29, 0.717) is 35.1 Å². The topological polar surface area (TPSA) is 91.2 Å². The molecular weight excluding hydrogens is 294 g/mol. The number of aromatic nitrogens is 5. The van der Waals surface area contributed by atoms with Gasteiger partial charge in [0.15, 0.2) is 11.5 Å². The third kappa shape index (κ3) is 2.65. The van der Waals surface area contributed by atoms with E-state index in [1.54, 1.807) is 10.6 Å². The minimum absolute atomic E-state index is 0.191. The highest BCUT2D eigenvalue weighted by Crippen LogP contribution is 2.18. The number of anilines is 1. The predicted molar refractivity (Wildman–Crippen MR) is 89.9 cm³/mol. The Morgan fingerprint density at radius 2 is 2.13 bits per heavy atom. The van der Waals surface area contributed by atoms with Crippen molar-refractivity contribution in [2.45, 2.75) is 26.3 Å². The molecule has 0 fully saturated rings. The van der Waals surface area contributed by atoms with E-state index in [2.05, 4.69) is 37.1 Å². The number of imidazole rings is 1. The summed E-state index contributed by atoms with van der Waals surface area (Å²) in [5.74, 6) is 1.43. The number of hydrogen-bond donors (Lipinski definition) is 2. The molecule has 0 aliphatic rings. The van der Waals surface area contributed by atoms with Crippen molar-refractivity contribution >= 4 is 22.5 Å². The molecule has 3 heterocycles. The SMILES string of the molecule is CCc1ncc2c(=O)[nH]c3c(NCC(C)N(C)C)ncnc3n12. The van der Waals surface area contributed by atoms with Gasteiger partial charge in [-0.05, 0) is 21.0 Å². The van der Waals surface area contributed by atoms with Crippen molar-refractivity contribution in [2.75, 3.05) is 26.0 Å². The lowest BCUT2D eigenvalue weighted by atomic mass is 10.3. The normalized spacial score (nSPS) is 13.1. The van der Waals surface area contributed by atoms with Gasteiger partial charge in [-0.15, -0.1) is 0 Å². The Hall–Kier alpha value is -2.48. The van der Waals surface area contributed by atoms with Crippen molar-refractivity contribution in [2.24, 2.45) is 0 Å². The summed E-state index contributed by atoms with van der Waals surface area (Å²) in [6.45, 7) is 4.83. The average molecular weight is 315 g/mol. The molecule has 0 saturated heterocycles. The highest BCUT2D eigenvalue weighted by atomic mass is 16.1. The van der Waals surface area contributed by atoms with E-state index in [-0.39, 0.29) is 5.56 Å². The number of rotatable bonds is 5. The number of H-pyrrole nitrogens is 1. The molecule has 0 aliphatic heterocycles. The Morgan fingerprint density at radius 3 is 2.83 bits per heavy atom. The van der Waals surface area contributed by atoms with Crippen LogP contribution in [0.25, 0.3) is 16.7 Å². The van der Waals surface area contributed by atoms with E-state index < -0.39 is 0 Å². The van der Waals surface area contributed by atoms with Crippen LogP contribution in [-0.2, 0) is 6.42 Å². The summed E-state index contributed by atoms with van der Waals surface area (Å²) in [6.07, 6.45) is 3.81. The first kappa shape index (κ1) is 15.4. The quantitative estimate of drug-likeness (QED) is 0.726. The molecule has 1 unspecified atom stereocenters. The number of hydrogen-bond acceptors (Lipinski definition) is 6. The van der Waals surface area contributed by atoms with Crippen molar-refractivity contribution < 1.29 is 0 Å². The molecular formula is C15H21N7O. The molecule has 0 bridgehead atoms. The van der Waals surface area contributed by atoms with Crippen LogP contribution in [0.5, 0.6) is 0 Å². The molecule has 0 amide bonds. The fourth-order valence-electron chi connectivity index (χ4n) is 2.44. The Morgan fingerprint density at radius 1 is 1.35 bits per heavy atom. The van der Waals surface area contributed by atoms with E-state index in [1.165, 1.54) is 6.33 Å². The van der Waals surface area contributed by atoms with E-state index in [0.717, 1.165) is 12.2 Å². The number of likely N-dealkylation sites (N-methyl/N-ethyl adjacent to an activating group) is 1. The number of nitrogens with one attached hydrogen (secondary N) is 2. The zero-order valence-corrected chi connectivity index (χ0v) is 13.8. The van der Waals surface area contributed by atoms with E-state index >= 15 is 0 Å². The Balaban J connectivity index is 2.14. The molecule has 0 spiro atoms. The molecule has 0 radical (unpaired) electrons. The third-order valence-corrected chi connectivity index (χ3v) is 4.11. The number of aryl methyl sites for hydroxylation is 1. The molecule has 8 nitrogen and oxygen atoms in total. The summed E-state index contributed by atoms with van der Waals surface area (Å²) >= 11 is 0. The van der Waals surface area contributed by atoms with E-state index in [4.69, 9.17) is 0 Å². The van der Waals surface area contributed by atoms with Gasteiger partial charge >= 0.3 is 0 Å². The van der Waals surface area contributed by atoms with E-state index in [1.807, 2.05) is 21.0 Å². The predicted octanol–water partition coefficient (Wildman–Crippen LogP) is 0.890. The van der Waals surface area contributed by atoms with Gasteiger partial charge in [-0.3, -0.25) is 9.20 Å². The maximum Gasteiger partial charge on any atom is 0.274 e. The summed E-state index contributed by atoms with van der Waals surface area (Å²) in [4.78, 5) is 30.2. The zero-order valence-electron chi connectivity index (χ0n) is 13.8. The van der Waals surface area contributed by atoms with Crippen LogP contribution >= 0.6 is 0 Å². The number of nitrogens with zero attached hydrogens (tertiary/aromatic N) is 5. The monoisotopic (exact) mass is 315 g/mol. The molecule has 23 heavy (non-hydrogen) atoms. The van der Waals surface area contributed by atoms with Gasteiger partial charge in [-0.25, -0.2) is 15.0 Å². The summed E-state index contributed by atoms with van der Waals surface area (Å²) < 4.78 is 1.80. The average Bonchev–Trinajstić information content (AvgIpc) is 2.97. The van der Waals surface area contributed by atoms with Crippen LogP contribution in [0.3, 0.4) is 0 Å². The molecule has 3 aromatic heterocycles. The van der Waals surface area contributed by atoms with Crippen molar-refractivity contribution in [3.8, 4) is 0 Å². The number of fused-ring (bicyclic) bond motifs is 3. The van der Waals surface area contributed by atoms with Gasteiger partial charge in [-0.2, -0.15) is 0 Å². The van der Waals surface area contributed by atoms with Crippen molar-refractivity contribution in [1.29, 1.82) is 0 Å². The summed E-state index contributed by atoms with van der Waals surface area (Å²) in [6, 6.07) is 0.329. The minimum Gasteiger partial charge on any atom is -0.367 e. The van der Waals surface area contributed by atoms with Gasteiger partial charge in [0.05, 0.1) is 6.20 Å². The smallest absolute Gasteiger partial charge is 0.274 e. The van der Waals surface area contributed by atoms with Gasteiger partial charge in [0.2, 0.25) is 0 Å². The lowest BCUT2D eigenvalue weighted by Gasteiger charge is -2.20. The molecule has 1 atom stereocenters. The van der Waals surface area contributed by atoms with Crippen LogP contribution < -0.4 is 10.9 Å². The van der Waals surface area contributed by atoms with Crippen LogP contribution in [0.4, 0.5) is 5.82 Å². The van der Waals surface area contributed by atoms with Gasteiger partial charge in [-0.1, -0.05) is 6.92 Å². The zero-order chi connectivity index (χ0) is 16.6. The van der Waals surface area contributed by atoms with Crippen LogP contribution in [0.2, 0.25) is 0 Å². The molecule has 0 saturated carbocycles. The first-order valence-corrected chi connectivity index (χ1v) is 7.66. The lowest BCUT2D eigenvalue weighted by molar-refractivity contribution is 0.326. The summed E-state index contributed by atoms with van der Waals surface area (Å²) in [5, 5.41) is 3.29. The fraction of sp³-hybridized carbons (Fsp3) is 0.467. The molecule has 2 N–H and O–H groups in total. The Labute approximate surface area is 133 Å². The second kappa shape index (κ2) is 5.96. The molecule has 8 heteroatoms. The second-order valence-corrected chi connectivity index (χ2v) is 5.82. The fourth-order valence-corrected chi connectivity index (χ4v) is 2.44. The van der Waals surface area contributed by atoms with Gasteiger partial charge in [0, 0.05) is 19.0 Å². The summed E-state index contributed by atoms with van der Waals surface area (Å²) in [7, 11) is 4.05. The molecule has 0 aromatic carbocycles. The third-order valence-electron chi connectivity index (χ3n) is 4.11. The van der Waals surface area contributed by atoms with Crippen molar-refractivity contribution in [3.63, 3.8) is 0 Å². The Bertz CT molecular complexity index is 896. The van der Waals surface area contributed by atoms with E-state index in [9.17, 15) is 4.79 Å². The van der Waals surface area contributed by atoms with Crippen molar-refractivity contribution in [3.05, 3.63) is 28.7 Å². The molecule has 122 valence electrons. The lowest BCUT2D eigenvalue weighted by Crippen LogP contribution is -2.31. The number of aromatic amines is 1. The standard InChI is InChI=1S/C15H21N7O/c1-5-11-16-7-10-15(23)20-12-13(17-6-9(2)21(3)4)18-8-19-14(12)22(10)11/h7-9H,5-6H2,1-4H3,(H,20,23)(H,17,18,19). The highest BCUT2D eigenvalue weighted by Gasteiger charge is 2.14. The maximum atomic E-state index is 12.3. The molecule has 0 aliphatic carbocycles. The summed E-state index contributed by atoms with van der Waals surface area (Å²) in [5.41, 5.74) is 1.57. The van der Waals surface area contributed by atoms with Gasteiger partial charge in [0.25, 0.3) is 5.56 Å². The second-order valence-electron chi connectivity index (χ2n) is 5.82. The molecule has 3 rings (SSSR count). The van der Waals surface area contributed by atoms with Gasteiger partial charge in [0.1, 0.15) is 23.2 Å². The first-order valence-electron chi connectivity index (χ1n) is 7.66. The first-order chi connectivity index (χ1) is 11.0. The van der Waals surface area contributed by atoms with Crippen LogP contribution in [0.15, 0.2) is 17.3 Å². The van der Waals surface area contributed by atoms with Crippen LogP contribution in [0.1, 0.15) is 19.7 Å². The largest absolute Gasteiger partial charge is 0.367 e. The van der Waals surface area contributed by atoms with Crippen molar-refractivity contribution in [1.82, 2.24) is 29.2 Å². The molecule has 3 aromatic rings. The Kier molecular flexibility index (Phi) is 3.99. The van der Waals surface area contributed by atoms with Crippen LogP contribution in [-0.4, -0.2) is 55.9 Å². The van der Waals surface area contributed by atoms with Crippen LogP contribution in [0, 0.1) is 0 Å². The van der Waals surface area contributed by atoms with Gasteiger partial charge < -0.3 is 15.2 Å². The highest BCUT2D eigenvalue weighted by molar-refractivity contribution is 5.84. The maximum absolute atomic E-state index is 12.3.